The molecule has 0 bridgehead atoms. The Morgan fingerprint density at radius 1 is 1.56 bits per heavy atom. The summed E-state index contributed by atoms with van der Waals surface area (Å²) in [5.74, 6) is 0. The third-order valence-corrected chi connectivity index (χ3v) is 3.50. The van der Waals surface area contributed by atoms with Crippen molar-refractivity contribution >= 4 is 0 Å². The van der Waals surface area contributed by atoms with Gasteiger partial charge in [-0.15, -0.1) is 0 Å². The molecule has 1 rings (SSSR count). The molecule has 3 atom stereocenters. The highest BCUT2D eigenvalue weighted by Gasteiger charge is 2.28. The molecule has 1 aliphatic heterocycles. The van der Waals surface area contributed by atoms with Crippen molar-refractivity contribution in [1.29, 1.82) is 0 Å². The van der Waals surface area contributed by atoms with Crippen molar-refractivity contribution in [1.82, 2.24) is 10.2 Å². The van der Waals surface area contributed by atoms with Gasteiger partial charge in [-0.25, -0.2) is 0 Å². The molecular weight excluding hydrogens is 204 g/mol. The van der Waals surface area contributed by atoms with E-state index in [4.69, 9.17) is 4.74 Å². The smallest absolute Gasteiger partial charge is 0.0765 e. The number of aliphatic hydroxyl groups is 1. The van der Waals surface area contributed by atoms with Crippen molar-refractivity contribution in [2.75, 3.05) is 33.9 Å². The lowest BCUT2D eigenvalue weighted by molar-refractivity contribution is 0.0230. The van der Waals surface area contributed by atoms with E-state index in [1.54, 1.807) is 7.11 Å². The molecule has 2 N–H and O–H groups in total. The number of likely N-dealkylation sites (N-methyl/N-ethyl adjacent to an activating group) is 1. The van der Waals surface area contributed by atoms with Gasteiger partial charge in [-0.2, -0.15) is 0 Å². The summed E-state index contributed by atoms with van der Waals surface area (Å²) in [7, 11) is 3.81. The Balaban J connectivity index is 2.23. The van der Waals surface area contributed by atoms with E-state index in [1.165, 1.54) is 0 Å². The highest BCUT2D eigenvalue weighted by atomic mass is 16.5. The fraction of sp³-hybridized carbons (Fsp3) is 1.00. The molecule has 1 saturated heterocycles. The molecule has 1 fully saturated rings. The largest absolute Gasteiger partial charge is 0.389 e. The molecule has 1 aliphatic rings. The fourth-order valence-electron chi connectivity index (χ4n) is 2.12. The van der Waals surface area contributed by atoms with E-state index in [2.05, 4.69) is 24.2 Å². The Labute approximate surface area is 99.0 Å². The van der Waals surface area contributed by atoms with Crippen LogP contribution in [0.2, 0.25) is 0 Å². The zero-order valence-electron chi connectivity index (χ0n) is 11.0. The van der Waals surface area contributed by atoms with Gasteiger partial charge in [-0.05, 0) is 27.3 Å². The van der Waals surface area contributed by atoms with Crippen LogP contribution in [0.15, 0.2) is 0 Å². The van der Waals surface area contributed by atoms with Gasteiger partial charge in [0.25, 0.3) is 0 Å². The van der Waals surface area contributed by atoms with Gasteiger partial charge in [0.15, 0.2) is 0 Å². The van der Waals surface area contributed by atoms with Crippen LogP contribution in [0.3, 0.4) is 0 Å². The number of methoxy groups -OCH3 is 1. The Morgan fingerprint density at radius 3 is 2.75 bits per heavy atom. The number of hydrogen-bond acceptors (Lipinski definition) is 4. The van der Waals surface area contributed by atoms with E-state index >= 15 is 0 Å². The lowest BCUT2D eigenvalue weighted by Gasteiger charge is -2.25. The quantitative estimate of drug-likeness (QED) is 0.696. The number of nitrogens with zero attached hydrogens (tertiary/aromatic N) is 1. The second kappa shape index (κ2) is 5.96. The Kier molecular flexibility index (Phi) is 5.18. The van der Waals surface area contributed by atoms with E-state index in [9.17, 15) is 5.11 Å². The highest BCUT2D eigenvalue weighted by Crippen LogP contribution is 2.16. The third-order valence-electron chi connectivity index (χ3n) is 3.50. The summed E-state index contributed by atoms with van der Waals surface area (Å²) in [6.45, 7) is 6.42. The number of ether oxygens (including phenoxy) is 1. The Morgan fingerprint density at radius 2 is 2.25 bits per heavy atom. The van der Waals surface area contributed by atoms with Crippen LogP contribution in [0, 0.1) is 0 Å². The Bertz CT molecular complexity index is 199. The lowest BCUT2D eigenvalue weighted by atomic mass is 10.0. The van der Waals surface area contributed by atoms with Gasteiger partial charge in [-0.1, -0.05) is 0 Å². The van der Waals surface area contributed by atoms with Crippen LogP contribution in [-0.4, -0.2) is 61.5 Å². The monoisotopic (exact) mass is 230 g/mol. The van der Waals surface area contributed by atoms with Crippen molar-refractivity contribution < 1.29 is 9.84 Å². The minimum Gasteiger partial charge on any atom is -0.389 e. The predicted octanol–water partition coefficient (Wildman–Crippen LogP) is 0.456. The van der Waals surface area contributed by atoms with E-state index in [1.807, 2.05) is 6.92 Å². The van der Waals surface area contributed by atoms with Gasteiger partial charge in [0.1, 0.15) is 0 Å². The standard InChI is InChI=1S/C12H26N2O2/c1-10-7-11(8-14(10)3)13-9-12(2,15)5-6-16-4/h10-11,13,15H,5-9H2,1-4H3. The second-order valence-corrected chi connectivity index (χ2v) is 5.34. The average Bonchev–Trinajstić information content (AvgIpc) is 2.53. The summed E-state index contributed by atoms with van der Waals surface area (Å²) in [5.41, 5.74) is -0.666. The first-order valence-corrected chi connectivity index (χ1v) is 6.09. The highest BCUT2D eigenvalue weighted by molar-refractivity contribution is 4.87. The summed E-state index contributed by atoms with van der Waals surface area (Å²) in [6, 6.07) is 1.15. The van der Waals surface area contributed by atoms with Gasteiger partial charge in [-0.3, -0.25) is 0 Å². The molecule has 1 heterocycles. The lowest BCUT2D eigenvalue weighted by Crippen LogP contribution is -2.44. The first-order valence-electron chi connectivity index (χ1n) is 6.09. The van der Waals surface area contributed by atoms with Gasteiger partial charge in [0.05, 0.1) is 5.60 Å². The summed E-state index contributed by atoms with van der Waals surface area (Å²) < 4.78 is 4.99. The van der Waals surface area contributed by atoms with Crippen LogP contribution >= 0.6 is 0 Å². The molecule has 0 aromatic heterocycles. The van der Waals surface area contributed by atoms with Crippen LogP contribution in [0.1, 0.15) is 26.7 Å². The Hall–Kier alpha value is -0.160. The van der Waals surface area contributed by atoms with Gasteiger partial charge < -0.3 is 20.1 Å². The third kappa shape index (κ3) is 4.37. The van der Waals surface area contributed by atoms with Crippen LogP contribution in [-0.2, 0) is 4.74 Å². The topological polar surface area (TPSA) is 44.7 Å². The molecule has 0 saturated carbocycles. The van der Waals surface area contributed by atoms with E-state index in [0.717, 1.165) is 13.0 Å². The number of hydrogen-bond donors (Lipinski definition) is 2. The maximum Gasteiger partial charge on any atom is 0.0765 e. The molecule has 0 aromatic carbocycles. The summed E-state index contributed by atoms with van der Waals surface area (Å²) in [4.78, 5) is 2.35. The van der Waals surface area contributed by atoms with Crippen molar-refractivity contribution in [2.24, 2.45) is 0 Å². The van der Waals surface area contributed by atoms with E-state index in [0.29, 0.717) is 31.7 Å². The summed E-state index contributed by atoms with van der Waals surface area (Å²) in [6.07, 6.45) is 1.84. The molecule has 0 radical (unpaired) electrons. The SMILES string of the molecule is COCCC(C)(O)CNC1CC(C)N(C)C1. The second-order valence-electron chi connectivity index (χ2n) is 5.34. The van der Waals surface area contributed by atoms with Crippen molar-refractivity contribution in [2.45, 2.75) is 44.4 Å². The minimum atomic E-state index is -0.666. The molecular formula is C12H26N2O2. The van der Waals surface area contributed by atoms with Gasteiger partial charge in [0.2, 0.25) is 0 Å². The molecule has 0 aliphatic carbocycles. The summed E-state index contributed by atoms with van der Waals surface area (Å²) >= 11 is 0. The normalized spacial score (nSPS) is 30.6. The molecule has 0 amide bonds. The maximum atomic E-state index is 10.1. The van der Waals surface area contributed by atoms with Crippen molar-refractivity contribution in [3.8, 4) is 0 Å². The average molecular weight is 230 g/mol. The minimum absolute atomic E-state index is 0.508. The van der Waals surface area contributed by atoms with Crippen LogP contribution in [0.4, 0.5) is 0 Å². The molecule has 16 heavy (non-hydrogen) atoms. The zero-order valence-corrected chi connectivity index (χ0v) is 11.0. The molecule has 96 valence electrons. The zero-order chi connectivity index (χ0) is 12.2. The van der Waals surface area contributed by atoms with E-state index in [-0.39, 0.29) is 0 Å². The molecule has 4 nitrogen and oxygen atoms in total. The first kappa shape index (κ1) is 13.9. The molecule has 0 aromatic rings. The van der Waals surface area contributed by atoms with Crippen LogP contribution < -0.4 is 5.32 Å². The fourth-order valence-corrected chi connectivity index (χ4v) is 2.12. The van der Waals surface area contributed by atoms with Crippen molar-refractivity contribution in [3.05, 3.63) is 0 Å². The van der Waals surface area contributed by atoms with E-state index < -0.39 is 5.60 Å². The maximum absolute atomic E-state index is 10.1. The van der Waals surface area contributed by atoms with Crippen LogP contribution in [0.25, 0.3) is 0 Å². The predicted molar refractivity (Wildman–Crippen MR) is 65.6 cm³/mol. The molecule has 3 unspecified atom stereocenters. The number of likely N-dealkylation sites (tertiary alicyclic amines) is 1. The van der Waals surface area contributed by atoms with Crippen molar-refractivity contribution in [3.63, 3.8) is 0 Å². The molecule has 0 spiro atoms. The molecule has 4 heteroatoms. The summed E-state index contributed by atoms with van der Waals surface area (Å²) in [5, 5.41) is 13.5. The van der Waals surface area contributed by atoms with Crippen LogP contribution in [0.5, 0.6) is 0 Å². The first-order chi connectivity index (χ1) is 7.44. The van der Waals surface area contributed by atoms with Gasteiger partial charge >= 0.3 is 0 Å². The number of nitrogens with one attached hydrogen (secondary N) is 1. The van der Waals surface area contributed by atoms with Gasteiger partial charge in [0, 0.05) is 45.3 Å². The number of rotatable bonds is 6.